The number of urea groups is 1. The number of hydrogen-bond acceptors (Lipinski definition) is 3. The molecule has 0 aromatic heterocycles. The Bertz CT molecular complexity index is 1030. The molecule has 0 saturated carbocycles. The molecule has 3 aromatic rings. The van der Waals surface area contributed by atoms with Crippen LogP contribution in [-0.2, 0) is 10.0 Å². The molecule has 7 heteroatoms. The van der Waals surface area contributed by atoms with E-state index in [2.05, 4.69) is 39.6 Å². The van der Waals surface area contributed by atoms with Crippen LogP contribution in [0, 0.1) is 0 Å². The third kappa shape index (κ3) is 6.86. The summed E-state index contributed by atoms with van der Waals surface area (Å²) in [4.78, 5) is 12.3. The number of anilines is 2. The van der Waals surface area contributed by atoms with E-state index >= 15 is 0 Å². The summed E-state index contributed by atoms with van der Waals surface area (Å²) < 4.78 is 25.7. The van der Waals surface area contributed by atoms with Crippen LogP contribution in [0.2, 0.25) is 0 Å². The minimum atomic E-state index is -3.32. The lowest BCUT2D eigenvalue weighted by Gasteiger charge is -2.18. The molecule has 2 amide bonds. The van der Waals surface area contributed by atoms with Gasteiger partial charge in [0.1, 0.15) is 0 Å². The van der Waals surface area contributed by atoms with Gasteiger partial charge in [-0.3, -0.25) is 4.72 Å². The van der Waals surface area contributed by atoms with Crippen LogP contribution in [0.5, 0.6) is 0 Å². The van der Waals surface area contributed by atoms with Crippen molar-refractivity contribution in [3.05, 3.63) is 96.1 Å². The predicted molar refractivity (Wildman–Crippen MR) is 126 cm³/mol. The highest BCUT2D eigenvalue weighted by Crippen LogP contribution is 2.27. The van der Waals surface area contributed by atoms with Crippen LogP contribution in [0.25, 0.3) is 0 Å². The minimum absolute atomic E-state index is 0.00235. The van der Waals surface area contributed by atoms with Crippen molar-refractivity contribution in [2.24, 2.45) is 0 Å². The molecule has 0 fully saturated rings. The molecule has 0 unspecified atom stereocenters. The molecule has 0 radical (unpaired) electrons. The fourth-order valence-electron chi connectivity index (χ4n) is 3.28. The Labute approximate surface area is 183 Å². The summed E-state index contributed by atoms with van der Waals surface area (Å²) in [5.74, 6) is 0.191. The van der Waals surface area contributed by atoms with E-state index in [1.54, 1.807) is 31.2 Å². The van der Waals surface area contributed by atoms with Crippen LogP contribution < -0.4 is 15.4 Å². The zero-order valence-corrected chi connectivity index (χ0v) is 18.2. The lowest BCUT2D eigenvalue weighted by atomic mass is 9.88. The predicted octanol–water partition coefficient (Wildman–Crippen LogP) is 4.79. The Kier molecular flexibility index (Phi) is 7.67. The Hall–Kier alpha value is -3.32. The van der Waals surface area contributed by atoms with E-state index in [1.165, 1.54) is 11.1 Å². The van der Waals surface area contributed by atoms with Gasteiger partial charge in [-0.15, -0.1) is 0 Å². The first kappa shape index (κ1) is 22.4. The summed E-state index contributed by atoms with van der Waals surface area (Å²) >= 11 is 0. The molecule has 0 bridgehead atoms. The molecule has 3 rings (SSSR count). The second-order valence-corrected chi connectivity index (χ2v) is 9.14. The first-order valence-electron chi connectivity index (χ1n) is 10.2. The molecular weight excluding hydrogens is 410 g/mol. The number of nitrogens with one attached hydrogen (secondary N) is 3. The van der Waals surface area contributed by atoms with E-state index in [4.69, 9.17) is 0 Å². The quantitative estimate of drug-likeness (QED) is 0.450. The average Bonchev–Trinajstić information content (AvgIpc) is 2.79. The summed E-state index contributed by atoms with van der Waals surface area (Å²) in [6.07, 6.45) is 0.763. The summed E-state index contributed by atoms with van der Waals surface area (Å²) in [5, 5.41) is 5.67. The third-order valence-corrected chi connectivity index (χ3v) is 6.23. The van der Waals surface area contributed by atoms with Gasteiger partial charge < -0.3 is 10.6 Å². The van der Waals surface area contributed by atoms with E-state index in [0.717, 1.165) is 6.42 Å². The van der Waals surface area contributed by atoms with Crippen LogP contribution in [-0.4, -0.2) is 26.7 Å². The Balaban J connectivity index is 1.55. The first-order valence-corrected chi connectivity index (χ1v) is 11.9. The smallest absolute Gasteiger partial charge is 0.319 e. The maximum absolute atomic E-state index is 12.3. The van der Waals surface area contributed by atoms with Gasteiger partial charge in [0.2, 0.25) is 10.0 Å². The topological polar surface area (TPSA) is 87.3 Å². The van der Waals surface area contributed by atoms with Crippen LogP contribution in [0.15, 0.2) is 84.9 Å². The van der Waals surface area contributed by atoms with Crippen molar-refractivity contribution < 1.29 is 13.2 Å². The zero-order valence-electron chi connectivity index (χ0n) is 17.4. The van der Waals surface area contributed by atoms with E-state index in [-0.39, 0.29) is 17.7 Å². The fourth-order valence-corrected chi connectivity index (χ4v) is 3.91. The molecule has 0 atom stereocenters. The number of amides is 2. The number of sulfonamides is 1. The van der Waals surface area contributed by atoms with Gasteiger partial charge in [-0.2, -0.15) is 0 Å². The maximum atomic E-state index is 12.3. The summed E-state index contributed by atoms with van der Waals surface area (Å²) in [5.41, 5.74) is 3.46. The van der Waals surface area contributed by atoms with Gasteiger partial charge in [0.15, 0.2) is 0 Å². The Morgan fingerprint density at radius 1 is 0.806 bits per heavy atom. The van der Waals surface area contributed by atoms with E-state index < -0.39 is 10.0 Å². The first-order chi connectivity index (χ1) is 15.0. The van der Waals surface area contributed by atoms with Gasteiger partial charge in [-0.05, 0) is 48.7 Å². The van der Waals surface area contributed by atoms with E-state index in [1.807, 2.05) is 36.4 Å². The normalized spacial score (nSPS) is 11.2. The van der Waals surface area contributed by atoms with Crippen LogP contribution in [0.1, 0.15) is 30.4 Å². The summed E-state index contributed by atoms with van der Waals surface area (Å²) in [6, 6.07) is 26.7. The van der Waals surface area contributed by atoms with Crippen molar-refractivity contribution in [3.63, 3.8) is 0 Å². The molecule has 3 aromatic carbocycles. The Morgan fingerprint density at radius 2 is 1.32 bits per heavy atom. The SMILES string of the molecule is CCS(=O)(=O)Nc1ccc(NC(=O)NCCC(c2ccccc2)c2ccccc2)cc1. The molecule has 0 aliphatic carbocycles. The molecule has 0 aliphatic heterocycles. The van der Waals surface area contributed by atoms with Gasteiger partial charge in [0.25, 0.3) is 0 Å². The molecule has 0 saturated heterocycles. The zero-order chi connectivity index (χ0) is 22.1. The number of benzene rings is 3. The molecule has 0 heterocycles. The highest BCUT2D eigenvalue weighted by molar-refractivity contribution is 7.92. The highest BCUT2D eigenvalue weighted by Gasteiger charge is 2.14. The lowest BCUT2D eigenvalue weighted by Crippen LogP contribution is -2.30. The van der Waals surface area contributed by atoms with Gasteiger partial charge in [-0.1, -0.05) is 60.7 Å². The van der Waals surface area contributed by atoms with E-state index in [0.29, 0.717) is 17.9 Å². The monoisotopic (exact) mass is 437 g/mol. The second kappa shape index (κ2) is 10.6. The van der Waals surface area contributed by atoms with Crippen molar-refractivity contribution in [2.75, 3.05) is 22.3 Å². The lowest BCUT2D eigenvalue weighted by molar-refractivity contribution is 0.252. The number of rotatable bonds is 9. The average molecular weight is 438 g/mol. The third-order valence-electron chi connectivity index (χ3n) is 4.92. The van der Waals surface area contributed by atoms with Gasteiger partial charge in [0, 0.05) is 23.8 Å². The van der Waals surface area contributed by atoms with Crippen LogP contribution in [0.3, 0.4) is 0 Å². The van der Waals surface area contributed by atoms with Crippen LogP contribution >= 0.6 is 0 Å². The number of carbonyl (C=O) groups excluding carboxylic acids is 1. The minimum Gasteiger partial charge on any atom is -0.338 e. The summed E-state index contributed by atoms with van der Waals surface area (Å²) in [7, 11) is -3.32. The molecule has 0 aliphatic rings. The molecule has 6 nitrogen and oxygen atoms in total. The largest absolute Gasteiger partial charge is 0.338 e. The number of hydrogen-bond donors (Lipinski definition) is 3. The standard InChI is InChI=1S/C24H27N3O3S/c1-2-31(29,30)27-22-15-13-21(14-16-22)26-24(28)25-18-17-23(19-9-5-3-6-10-19)20-11-7-4-8-12-20/h3-16,23,27H,2,17-18H2,1H3,(H2,25,26,28). The molecule has 31 heavy (non-hydrogen) atoms. The number of carbonyl (C=O) groups is 1. The van der Waals surface area contributed by atoms with Crippen molar-refractivity contribution in [1.29, 1.82) is 0 Å². The second-order valence-electron chi connectivity index (χ2n) is 7.13. The van der Waals surface area contributed by atoms with Gasteiger partial charge >= 0.3 is 6.03 Å². The van der Waals surface area contributed by atoms with E-state index in [9.17, 15) is 13.2 Å². The maximum Gasteiger partial charge on any atom is 0.319 e. The molecule has 3 N–H and O–H groups in total. The molecular formula is C24H27N3O3S. The fraction of sp³-hybridized carbons (Fsp3) is 0.208. The highest BCUT2D eigenvalue weighted by atomic mass is 32.2. The van der Waals surface area contributed by atoms with Crippen molar-refractivity contribution in [1.82, 2.24) is 5.32 Å². The summed E-state index contributed by atoms with van der Waals surface area (Å²) in [6.45, 7) is 2.08. The molecule has 0 spiro atoms. The van der Waals surface area contributed by atoms with Gasteiger partial charge in [-0.25, -0.2) is 13.2 Å². The van der Waals surface area contributed by atoms with Gasteiger partial charge in [0.05, 0.1) is 5.75 Å². The van der Waals surface area contributed by atoms with Crippen LogP contribution in [0.4, 0.5) is 16.2 Å². The molecule has 162 valence electrons. The van der Waals surface area contributed by atoms with Crippen molar-refractivity contribution in [3.8, 4) is 0 Å². The van der Waals surface area contributed by atoms with Crippen molar-refractivity contribution in [2.45, 2.75) is 19.3 Å². The Morgan fingerprint density at radius 3 is 1.84 bits per heavy atom. The van der Waals surface area contributed by atoms with Crippen molar-refractivity contribution >= 4 is 27.4 Å².